The molecular formula is C13H17ClN6O3. The normalized spacial score (nSPS) is 10.8. The van der Waals surface area contributed by atoms with E-state index in [1.54, 1.807) is 4.68 Å². The Hall–Kier alpha value is -2.42. The van der Waals surface area contributed by atoms with Gasteiger partial charge in [0.1, 0.15) is 6.20 Å². The maximum atomic E-state index is 12.0. The molecule has 10 heteroatoms. The summed E-state index contributed by atoms with van der Waals surface area (Å²) in [5, 5.41) is 22.3. The number of rotatable bonds is 6. The second kappa shape index (κ2) is 6.78. The molecule has 23 heavy (non-hydrogen) atoms. The Morgan fingerprint density at radius 2 is 2.13 bits per heavy atom. The third kappa shape index (κ3) is 3.67. The monoisotopic (exact) mass is 340 g/mol. The van der Waals surface area contributed by atoms with E-state index in [1.165, 1.54) is 17.9 Å². The molecular weight excluding hydrogens is 324 g/mol. The number of nitrogens with zero attached hydrogens (tertiary/aromatic N) is 5. The Labute approximate surface area is 137 Å². The summed E-state index contributed by atoms with van der Waals surface area (Å²) in [6.45, 7) is 4.64. The number of nitro groups is 1. The van der Waals surface area contributed by atoms with Gasteiger partial charge in [-0.15, -0.1) is 0 Å². The SMILES string of the molecule is Cc1nn(CCCNC(=O)c2nn(C)cc2[N+](=O)[O-])c(C)c1Cl. The van der Waals surface area contributed by atoms with Gasteiger partial charge in [0.05, 0.1) is 21.3 Å². The summed E-state index contributed by atoms with van der Waals surface area (Å²) >= 11 is 6.06. The maximum absolute atomic E-state index is 12.0. The fourth-order valence-corrected chi connectivity index (χ4v) is 2.31. The van der Waals surface area contributed by atoms with Crippen LogP contribution in [0.3, 0.4) is 0 Å². The van der Waals surface area contributed by atoms with E-state index in [1.807, 2.05) is 13.8 Å². The van der Waals surface area contributed by atoms with Crippen LogP contribution >= 0.6 is 11.6 Å². The smallest absolute Gasteiger partial charge is 0.320 e. The molecule has 0 radical (unpaired) electrons. The zero-order chi connectivity index (χ0) is 17.1. The van der Waals surface area contributed by atoms with Crippen molar-refractivity contribution in [2.75, 3.05) is 6.54 Å². The molecule has 0 atom stereocenters. The van der Waals surface area contributed by atoms with Crippen LogP contribution in [0.15, 0.2) is 6.20 Å². The Bertz CT molecular complexity index is 751. The molecule has 0 aliphatic rings. The third-order valence-corrected chi connectivity index (χ3v) is 3.89. The summed E-state index contributed by atoms with van der Waals surface area (Å²) < 4.78 is 3.01. The largest absolute Gasteiger partial charge is 0.350 e. The lowest BCUT2D eigenvalue weighted by molar-refractivity contribution is -0.385. The van der Waals surface area contributed by atoms with Crippen molar-refractivity contribution in [2.24, 2.45) is 7.05 Å². The lowest BCUT2D eigenvalue weighted by atomic mass is 10.3. The number of aryl methyl sites for hydroxylation is 3. The minimum atomic E-state index is -0.625. The van der Waals surface area contributed by atoms with Gasteiger partial charge in [-0.05, 0) is 20.3 Å². The Kier molecular flexibility index (Phi) is 4.99. The molecule has 1 N–H and O–H groups in total. The van der Waals surface area contributed by atoms with Crippen LogP contribution in [0, 0.1) is 24.0 Å². The summed E-state index contributed by atoms with van der Waals surface area (Å²) in [5.41, 5.74) is 1.13. The minimum absolute atomic E-state index is 0.188. The second-order valence-corrected chi connectivity index (χ2v) is 5.49. The molecule has 0 aliphatic heterocycles. The molecule has 0 saturated heterocycles. The zero-order valence-electron chi connectivity index (χ0n) is 13.0. The Morgan fingerprint density at radius 1 is 1.43 bits per heavy atom. The predicted molar refractivity (Wildman–Crippen MR) is 83.5 cm³/mol. The molecule has 0 aromatic carbocycles. The minimum Gasteiger partial charge on any atom is -0.350 e. The van der Waals surface area contributed by atoms with Crippen LogP contribution in [-0.2, 0) is 13.6 Å². The van der Waals surface area contributed by atoms with Crippen molar-refractivity contribution in [3.63, 3.8) is 0 Å². The summed E-state index contributed by atoms with van der Waals surface area (Å²) in [6.07, 6.45) is 1.82. The van der Waals surface area contributed by atoms with Crippen LogP contribution in [0.2, 0.25) is 5.02 Å². The van der Waals surface area contributed by atoms with Gasteiger partial charge in [-0.3, -0.25) is 24.3 Å². The van der Waals surface area contributed by atoms with Gasteiger partial charge in [-0.25, -0.2) is 0 Å². The highest BCUT2D eigenvalue weighted by molar-refractivity contribution is 6.31. The van der Waals surface area contributed by atoms with Crippen molar-refractivity contribution in [2.45, 2.75) is 26.8 Å². The number of carbonyl (C=O) groups excluding carboxylic acids is 1. The summed E-state index contributed by atoms with van der Waals surface area (Å²) in [4.78, 5) is 22.2. The first-order valence-corrected chi connectivity index (χ1v) is 7.34. The second-order valence-electron chi connectivity index (χ2n) is 5.11. The molecule has 0 spiro atoms. The summed E-state index contributed by atoms with van der Waals surface area (Å²) in [7, 11) is 1.52. The predicted octanol–water partition coefficient (Wildman–Crippen LogP) is 1.62. The van der Waals surface area contributed by atoms with Gasteiger partial charge < -0.3 is 5.32 Å². The lowest BCUT2D eigenvalue weighted by Crippen LogP contribution is -2.26. The van der Waals surface area contributed by atoms with E-state index in [2.05, 4.69) is 15.5 Å². The van der Waals surface area contributed by atoms with Crippen LogP contribution < -0.4 is 5.32 Å². The summed E-state index contributed by atoms with van der Waals surface area (Å²) in [6, 6.07) is 0. The molecule has 0 unspecified atom stereocenters. The van der Waals surface area contributed by atoms with E-state index in [9.17, 15) is 14.9 Å². The molecule has 9 nitrogen and oxygen atoms in total. The highest BCUT2D eigenvalue weighted by atomic mass is 35.5. The number of amides is 1. The third-order valence-electron chi connectivity index (χ3n) is 3.35. The highest BCUT2D eigenvalue weighted by Gasteiger charge is 2.24. The molecule has 0 aliphatic carbocycles. The molecule has 0 bridgehead atoms. The highest BCUT2D eigenvalue weighted by Crippen LogP contribution is 2.19. The van der Waals surface area contributed by atoms with Crippen LogP contribution in [0.5, 0.6) is 0 Å². The number of hydrogen-bond acceptors (Lipinski definition) is 5. The van der Waals surface area contributed by atoms with Gasteiger partial charge in [0, 0.05) is 20.1 Å². The van der Waals surface area contributed by atoms with E-state index >= 15 is 0 Å². The van der Waals surface area contributed by atoms with Gasteiger partial charge in [-0.1, -0.05) is 11.6 Å². The van der Waals surface area contributed by atoms with Crippen molar-refractivity contribution >= 4 is 23.2 Å². The molecule has 0 fully saturated rings. The number of halogens is 1. The van der Waals surface area contributed by atoms with Crippen molar-refractivity contribution in [3.05, 3.63) is 38.4 Å². The van der Waals surface area contributed by atoms with Crippen molar-refractivity contribution < 1.29 is 9.72 Å². The average molecular weight is 341 g/mol. The Morgan fingerprint density at radius 3 is 2.70 bits per heavy atom. The lowest BCUT2D eigenvalue weighted by Gasteiger charge is -2.05. The molecule has 2 heterocycles. The van der Waals surface area contributed by atoms with Crippen molar-refractivity contribution in [1.29, 1.82) is 0 Å². The van der Waals surface area contributed by atoms with Crippen LogP contribution in [-0.4, -0.2) is 36.9 Å². The maximum Gasteiger partial charge on any atom is 0.320 e. The number of hydrogen-bond donors (Lipinski definition) is 1. The molecule has 124 valence electrons. The van der Waals surface area contributed by atoms with Gasteiger partial charge in [0.25, 0.3) is 5.91 Å². The standard InChI is InChI=1S/C13H17ClN6O3/c1-8-11(14)9(2)19(16-8)6-4-5-15-13(21)12-10(20(22)23)7-18(3)17-12/h7H,4-6H2,1-3H3,(H,15,21). The topological polar surface area (TPSA) is 108 Å². The van der Waals surface area contributed by atoms with Gasteiger partial charge in [-0.2, -0.15) is 10.2 Å². The van der Waals surface area contributed by atoms with Crippen molar-refractivity contribution in [1.82, 2.24) is 24.9 Å². The molecule has 0 saturated carbocycles. The van der Waals surface area contributed by atoms with E-state index in [4.69, 9.17) is 11.6 Å². The first kappa shape index (κ1) is 16.9. The fourth-order valence-electron chi connectivity index (χ4n) is 2.18. The first-order valence-electron chi connectivity index (χ1n) is 6.97. The van der Waals surface area contributed by atoms with E-state index in [-0.39, 0.29) is 11.4 Å². The Balaban J connectivity index is 1.90. The molecule has 1 amide bonds. The van der Waals surface area contributed by atoms with Crippen LogP contribution in [0.1, 0.15) is 28.3 Å². The summed E-state index contributed by atoms with van der Waals surface area (Å²) in [5.74, 6) is -0.566. The van der Waals surface area contributed by atoms with Crippen molar-refractivity contribution in [3.8, 4) is 0 Å². The van der Waals surface area contributed by atoms with E-state index in [0.717, 1.165) is 11.4 Å². The van der Waals surface area contributed by atoms with Gasteiger partial charge >= 0.3 is 5.69 Å². The van der Waals surface area contributed by atoms with Gasteiger partial charge in [0.2, 0.25) is 5.69 Å². The van der Waals surface area contributed by atoms with E-state index < -0.39 is 10.8 Å². The molecule has 2 aromatic heterocycles. The van der Waals surface area contributed by atoms with Crippen LogP contribution in [0.4, 0.5) is 5.69 Å². The number of nitrogens with one attached hydrogen (secondary N) is 1. The first-order chi connectivity index (χ1) is 10.8. The quantitative estimate of drug-likeness (QED) is 0.488. The fraction of sp³-hybridized carbons (Fsp3) is 0.462. The zero-order valence-corrected chi connectivity index (χ0v) is 13.8. The van der Waals surface area contributed by atoms with E-state index in [0.29, 0.717) is 24.5 Å². The van der Waals surface area contributed by atoms with Crippen LogP contribution in [0.25, 0.3) is 0 Å². The molecule has 2 aromatic rings. The number of aromatic nitrogens is 4. The average Bonchev–Trinajstić information content (AvgIpc) is 3.00. The van der Waals surface area contributed by atoms with Gasteiger partial charge in [0.15, 0.2) is 0 Å². The number of carbonyl (C=O) groups is 1. The molecule has 2 rings (SSSR count).